The van der Waals surface area contributed by atoms with E-state index in [0.717, 1.165) is 13.1 Å². The van der Waals surface area contributed by atoms with Gasteiger partial charge in [-0.2, -0.15) is 0 Å². The van der Waals surface area contributed by atoms with Crippen LogP contribution in [0.25, 0.3) is 0 Å². The molecule has 0 radical (unpaired) electrons. The largest absolute Gasteiger partial charge is 0.478 e. The molecule has 56 valence electrons. The minimum absolute atomic E-state index is 0.869. The average molecular weight is 141 g/mol. The molecule has 1 fully saturated rings. The molecule has 1 saturated heterocycles. The van der Waals surface area contributed by atoms with Gasteiger partial charge in [-0.3, -0.25) is 0 Å². The van der Waals surface area contributed by atoms with Gasteiger partial charge in [0.15, 0.2) is 0 Å². The number of carboxylic acids is 1. The summed E-state index contributed by atoms with van der Waals surface area (Å²) in [6.45, 7) is 2.01. The number of aliphatic carboxylic acids is 1. The first-order chi connectivity index (χ1) is 4.79. The van der Waals surface area contributed by atoms with Gasteiger partial charge < -0.3 is 10.0 Å². The molecule has 1 heterocycles. The van der Waals surface area contributed by atoms with Crippen molar-refractivity contribution in [2.45, 2.75) is 12.8 Å². The van der Waals surface area contributed by atoms with Crippen LogP contribution in [0.3, 0.4) is 0 Å². The Morgan fingerprint density at radius 1 is 1.40 bits per heavy atom. The highest BCUT2D eigenvalue weighted by atomic mass is 16.4. The Kier molecular flexibility index (Phi) is 2.31. The molecule has 0 aliphatic carbocycles. The van der Waals surface area contributed by atoms with Crippen LogP contribution in [0.15, 0.2) is 12.3 Å². The molecule has 1 aliphatic heterocycles. The molecule has 0 amide bonds. The Balaban J connectivity index is 2.29. The first-order valence-electron chi connectivity index (χ1n) is 3.44. The Morgan fingerprint density at radius 2 is 2.00 bits per heavy atom. The van der Waals surface area contributed by atoms with E-state index >= 15 is 0 Å². The molecule has 3 heteroatoms. The topological polar surface area (TPSA) is 40.5 Å². The van der Waals surface area contributed by atoms with Crippen LogP contribution in [0.2, 0.25) is 0 Å². The zero-order valence-electron chi connectivity index (χ0n) is 5.79. The van der Waals surface area contributed by atoms with Gasteiger partial charge in [0.25, 0.3) is 0 Å². The lowest BCUT2D eigenvalue weighted by molar-refractivity contribution is -0.131. The normalized spacial score (nSPS) is 18.6. The van der Waals surface area contributed by atoms with Crippen molar-refractivity contribution in [2.75, 3.05) is 13.1 Å². The second kappa shape index (κ2) is 3.25. The van der Waals surface area contributed by atoms with Gasteiger partial charge in [-0.1, -0.05) is 0 Å². The number of hydrogen-bond donors (Lipinski definition) is 1. The van der Waals surface area contributed by atoms with Crippen molar-refractivity contribution in [3.8, 4) is 0 Å². The van der Waals surface area contributed by atoms with Crippen molar-refractivity contribution in [2.24, 2.45) is 0 Å². The molecule has 3 nitrogen and oxygen atoms in total. The monoisotopic (exact) mass is 141 g/mol. The fourth-order valence-corrected chi connectivity index (χ4v) is 1.06. The lowest BCUT2D eigenvalue weighted by atomic mass is 10.4. The summed E-state index contributed by atoms with van der Waals surface area (Å²) in [7, 11) is 0. The van der Waals surface area contributed by atoms with Gasteiger partial charge in [0.2, 0.25) is 0 Å². The standard InChI is InChI=1S/C7H11NO2/c9-7(10)3-6-8-4-1-2-5-8/h3,6H,1-2,4-5H2,(H,9,10). The number of carboxylic acid groups (broad SMARTS) is 1. The maximum atomic E-state index is 10.0. The Morgan fingerprint density at radius 3 is 2.50 bits per heavy atom. The Hall–Kier alpha value is -0.990. The molecule has 0 bridgehead atoms. The van der Waals surface area contributed by atoms with E-state index in [4.69, 9.17) is 5.11 Å². The summed E-state index contributed by atoms with van der Waals surface area (Å²) >= 11 is 0. The maximum absolute atomic E-state index is 10.0. The van der Waals surface area contributed by atoms with Gasteiger partial charge in [-0.05, 0) is 12.8 Å². The van der Waals surface area contributed by atoms with Crippen molar-refractivity contribution in [3.05, 3.63) is 12.3 Å². The van der Waals surface area contributed by atoms with Crippen LogP contribution < -0.4 is 0 Å². The van der Waals surface area contributed by atoms with E-state index < -0.39 is 5.97 Å². The highest BCUT2D eigenvalue weighted by Crippen LogP contribution is 2.06. The summed E-state index contributed by atoms with van der Waals surface area (Å²) < 4.78 is 0. The van der Waals surface area contributed by atoms with Crippen LogP contribution in [0, 0.1) is 0 Å². The van der Waals surface area contributed by atoms with Crippen molar-refractivity contribution >= 4 is 5.97 Å². The number of carbonyl (C=O) groups is 1. The number of nitrogens with zero attached hydrogens (tertiary/aromatic N) is 1. The third kappa shape index (κ3) is 2.09. The molecular formula is C7H11NO2. The second-order valence-electron chi connectivity index (χ2n) is 2.40. The predicted octanol–water partition coefficient (Wildman–Crippen LogP) is 0.681. The lowest BCUT2D eigenvalue weighted by Gasteiger charge is -2.08. The summed E-state index contributed by atoms with van der Waals surface area (Å²) in [4.78, 5) is 12.1. The number of hydrogen-bond acceptors (Lipinski definition) is 2. The Labute approximate surface area is 59.9 Å². The molecule has 0 aromatic heterocycles. The molecule has 0 aromatic rings. The van der Waals surface area contributed by atoms with Crippen LogP contribution in [-0.2, 0) is 4.79 Å². The van der Waals surface area contributed by atoms with Crippen LogP contribution >= 0.6 is 0 Å². The second-order valence-corrected chi connectivity index (χ2v) is 2.40. The van der Waals surface area contributed by atoms with Gasteiger partial charge >= 0.3 is 5.97 Å². The molecule has 10 heavy (non-hydrogen) atoms. The van der Waals surface area contributed by atoms with Gasteiger partial charge in [-0.25, -0.2) is 4.79 Å². The molecule has 1 N–H and O–H groups in total. The fourth-order valence-electron chi connectivity index (χ4n) is 1.06. The third-order valence-electron chi connectivity index (χ3n) is 1.57. The van der Waals surface area contributed by atoms with E-state index in [0.29, 0.717) is 0 Å². The van der Waals surface area contributed by atoms with Gasteiger partial charge in [0.05, 0.1) is 0 Å². The van der Waals surface area contributed by atoms with E-state index in [9.17, 15) is 4.79 Å². The van der Waals surface area contributed by atoms with E-state index in [1.54, 1.807) is 6.20 Å². The molecule has 0 unspecified atom stereocenters. The number of likely N-dealkylation sites (tertiary alicyclic amines) is 1. The first-order valence-corrected chi connectivity index (χ1v) is 3.44. The lowest BCUT2D eigenvalue weighted by Crippen LogP contribution is -2.11. The van der Waals surface area contributed by atoms with Crippen LogP contribution in [0.1, 0.15) is 12.8 Å². The van der Waals surface area contributed by atoms with Gasteiger partial charge in [-0.15, -0.1) is 0 Å². The minimum Gasteiger partial charge on any atom is -0.478 e. The molecule has 0 aromatic carbocycles. The van der Waals surface area contributed by atoms with Crippen LogP contribution in [0.5, 0.6) is 0 Å². The minimum atomic E-state index is -0.869. The average Bonchev–Trinajstić information content (AvgIpc) is 2.34. The van der Waals surface area contributed by atoms with Crippen molar-refractivity contribution in [3.63, 3.8) is 0 Å². The molecule has 0 atom stereocenters. The summed E-state index contributed by atoms with van der Waals surface area (Å²) in [5, 5.41) is 8.26. The SMILES string of the molecule is O=C(O)C=CN1CCCC1. The summed E-state index contributed by atoms with van der Waals surface area (Å²) in [5.74, 6) is -0.869. The van der Waals surface area contributed by atoms with E-state index in [1.807, 2.05) is 4.90 Å². The van der Waals surface area contributed by atoms with Crippen molar-refractivity contribution < 1.29 is 9.90 Å². The molecule has 1 aliphatic rings. The van der Waals surface area contributed by atoms with Crippen LogP contribution in [0.4, 0.5) is 0 Å². The van der Waals surface area contributed by atoms with Gasteiger partial charge in [0.1, 0.15) is 0 Å². The van der Waals surface area contributed by atoms with Crippen molar-refractivity contribution in [1.82, 2.24) is 4.90 Å². The highest BCUT2D eigenvalue weighted by molar-refractivity contribution is 5.79. The smallest absolute Gasteiger partial charge is 0.329 e. The summed E-state index contributed by atoms with van der Waals surface area (Å²) in [6, 6.07) is 0. The van der Waals surface area contributed by atoms with Crippen LogP contribution in [-0.4, -0.2) is 29.1 Å². The molecule has 0 spiro atoms. The number of rotatable bonds is 2. The fraction of sp³-hybridized carbons (Fsp3) is 0.571. The van der Waals surface area contributed by atoms with Gasteiger partial charge in [0, 0.05) is 25.4 Å². The van der Waals surface area contributed by atoms with E-state index in [2.05, 4.69) is 0 Å². The molecule has 1 rings (SSSR count). The zero-order valence-corrected chi connectivity index (χ0v) is 5.79. The Bertz CT molecular complexity index is 148. The summed E-state index contributed by atoms with van der Waals surface area (Å²) in [5.41, 5.74) is 0. The zero-order chi connectivity index (χ0) is 7.40. The predicted molar refractivity (Wildman–Crippen MR) is 37.6 cm³/mol. The van der Waals surface area contributed by atoms with E-state index in [-0.39, 0.29) is 0 Å². The quantitative estimate of drug-likeness (QED) is 0.575. The maximum Gasteiger partial charge on any atom is 0.329 e. The third-order valence-corrected chi connectivity index (χ3v) is 1.57. The molecular weight excluding hydrogens is 130 g/mol. The van der Waals surface area contributed by atoms with Crippen molar-refractivity contribution in [1.29, 1.82) is 0 Å². The first kappa shape index (κ1) is 7.12. The summed E-state index contributed by atoms with van der Waals surface area (Å²) in [6.07, 6.45) is 5.20. The highest BCUT2D eigenvalue weighted by Gasteiger charge is 2.06. The van der Waals surface area contributed by atoms with E-state index in [1.165, 1.54) is 18.9 Å². The molecule has 0 saturated carbocycles.